The molecule has 2 atom stereocenters. The van der Waals surface area contributed by atoms with Gasteiger partial charge in [-0.15, -0.1) is 0 Å². The standard InChI is InChI=1S/C17H31NO/c1-4-15-8-6-5-7-11-18(15)13-14-12-17(2,3)10-9-16(14)19/h14-15H,4-13H2,1-3H3. The monoisotopic (exact) mass is 265 g/mol. The van der Waals surface area contributed by atoms with Crippen molar-refractivity contribution in [2.75, 3.05) is 13.1 Å². The zero-order chi connectivity index (χ0) is 13.9. The Morgan fingerprint density at radius 3 is 2.79 bits per heavy atom. The van der Waals surface area contributed by atoms with E-state index < -0.39 is 0 Å². The van der Waals surface area contributed by atoms with Crippen LogP contribution in [0.3, 0.4) is 0 Å². The Hall–Kier alpha value is -0.370. The molecule has 0 bridgehead atoms. The number of likely N-dealkylation sites (tertiary alicyclic amines) is 1. The van der Waals surface area contributed by atoms with Crippen LogP contribution in [-0.4, -0.2) is 29.8 Å². The molecule has 0 spiro atoms. The van der Waals surface area contributed by atoms with E-state index in [4.69, 9.17) is 0 Å². The number of carbonyl (C=O) groups excluding carboxylic acids is 1. The summed E-state index contributed by atoms with van der Waals surface area (Å²) in [6.07, 6.45) is 9.63. The van der Waals surface area contributed by atoms with E-state index in [1.807, 2.05) is 0 Å². The molecule has 1 saturated carbocycles. The predicted octanol–water partition coefficient (Wildman–Crippen LogP) is 4.04. The zero-order valence-electron chi connectivity index (χ0n) is 13.1. The molecule has 0 aromatic rings. The Labute approximate surface area is 118 Å². The average molecular weight is 265 g/mol. The summed E-state index contributed by atoms with van der Waals surface area (Å²) in [5.41, 5.74) is 0.367. The lowest BCUT2D eigenvalue weighted by Crippen LogP contribution is -2.43. The maximum atomic E-state index is 12.2. The first-order chi connectivity index (χ1) is 9.02. The maximum absolute atomic E-state index is 12.2. The fraction of sp³-hybridized carbons (Fsp3) is 0.941. The van der Waals surface area contributed by atoms with Crippen molar-refractivity contribution < 1.29 is 4.79 Å². The Bertz CT molecular complexity index is 310. The highest BCUT2D eigenvalue weighted by Gasteiger charge is 2.35. The Morgan fingerprint density at radius 2 is 2.05 bits per heavy atom. The van der Waals surface area contributed by atoms with Gasteiger partial charge in [-0.25, -0.2) is 0 Å². The van der Waals surface area contributed by atoms with E-state index in [-0.39, 0.29) is 0 Å². The van der Waals surface area contributed by atoms with Crippen molar-refractivity contribution in [3.05, 3.63) is 0 Å². The summed E-state index contributed by atoms with van der Waals surface area (Å²) in [4.78, 5) is 14.8. The minimum absolute atomic E-state index is 0.302. The Balaban J connectivity index is 1.98. The number of ketones is 1. The van der Waals surface area contributed by atoms with E-state index >= 15 is 0 Å². The van der Waals surface area contributed by atoms with Gasteiger partial charge in [0.2, 0.25) is 0 Å². The second-order valence-corrected chi connectivity index (χ2v) is 7.44. The van der Waals surface area contributed by atoms with Crippen LogP contribution in [0.2, 0.25) is 0 Å². The van der Waals surface area contributed by atoms with Crippen molar-refractivity contribution in [2.24, 2.45) is 11.3 Å². The van der Waals surface area contributed by atoms with Crippen LogP contribution in [0.25, 0.3) is 0 Å². The van der Waals surface area contributed by atoms with Gasteiger partial charge in [0.05, 0.1) is 0 Å². The lowest BCUT2D eigenvalue weighted by atomic mass is 9.71. The number of Topliss-reactive ketones (excluding diaryl/α,β-unsaturated/α-hetero) is 1. The number of hydrogen-bond acceptors (Lipinski definition) is 2. The molecule has 2 unspecified atom stereocenters. The van der Waals surface area contributed by atoms with Crippen LogP contribution in [0.5, 0.6) is 0 Å². The van der Waals surface area contributed by atoms with E-state index in [0.29, 0.717) is 17.1 Å². The van der Waals surface area contributed by atoms with Crippen molar-refractivity contribution in [2.45, 2.75) is 78.2 Å². The normalized spacial score (nSPS) is 33.1. The highest BCUT2D eigenvalue weighted by molar-refractivity contribution is 5.82. The van der Waals surface area contributed by atoms with Gasteiger partial charge in [0.15, 0.2) is 0 Å². The smallest absolute Gasteiger partial charge is 0.137 e. The lowest BCUT2D eigenvalue weighted by molar-refractivity contribution is -0.128. The van der Waals surface area contributed by atoms with E-state index in [2.05, 4.69) is 25.7 Å². The van der Waals surface area contributed by atoms with Crippen LogP contribution in [-0.2, 0) is 4.79 Å². The van der Waals surface area contributed by atoms with Crippen molar-refractivity contribution in [3.8, 4) is 0 Å². The molecular weight excluding hydrogens is 234 g/mol. The molecule has 2 fully saturated rings. The molecule has 19 heavy (non-hydrogen) atoms. The third-order valence-electron chi connectivity index (χ3n) is 5.23. The summed E-state index contributed by atoms with van der Waals surface area (Å²) in [7, 11) is 0. The van der Waals surface area contributed by atoms with Gasteiger partial charge in [0.25, 0.3) is 0 Å². The van der Waals surface area contributed by atoms with E-state index in [0.717, 1.165) is 31.8 Å². The van der Waals surface area contributed by atoms with Crippen molar-refractivity contribution in [1.29, 1.82) is 0 Å². The second-order valence-electron chi connectivity index (χ2n) is 7.44. The molecule has 0 N–H and O–H groups in total. The zero-order valence-corrected chi connectivity index (χ0v) is 13.1. The molecule has 2 aliphatic rings. The highest BCUT2D eigenvalue weighted by atomic mass is 16.1. The van der Waals surface area contributed by atoms with Crippen LogP contribution in [0.15, 0.2) is 0 Å². The average Bonchev–Trinajstić information content (AvgIpc) is 2.58. The molecule has 1 saturated heterocycles. The molecular formula is C17H31NO. The van der Waals surface area contributed by atoms with Gasteiger partial charge in [0.1, 0.15) is 5.78 Å². The fourth-order valence-corrected chi connectivity index (χ4v) is 3.94. The molecule has 2 nitrogen and oxygen atoms in total. The summed E-state index contributed by atoms with van der Waals surface area (Å²) >= 11 is 0. The topological polar surface area (TPSA) is 20.3 Å². The first-order valence-electron chi connectivity index (χ1n) is 8.28. The third-order valence-corrected chi connectivity index (χ3v) is 5.23. The van der Waals surface area contributed by atoms with Gasteiger partial charge in [-0.3, -0.25) is 9.69 Å². The summed E-state index contributed by atoms with van der Waals surface area (Å²) in [6, 6.07) is 0.723. The van der Waals surface area contributed by atoms with Crippen LogP contribution < -0.4 is 0 Å². The summed E-state index contributed by atoms with van der Waals surface area (Å²) in [6.45, 7) is 9.19. The van der Waals surface area contributed by atoms with E-state index in [1.165, 1.54) is 38.6 Å². The molecule has 2 rings (SSSR count). The first-order valence-corrected chi connectivity index (χ1v) is 8.28. The number of carbonyl (C=O) groups is 1. The molecule has 1 aliphatic heterocycles. The Morgan fingerprint density at radius 1 is 1.26 bits per heavy atom. The SMILES string of the molecule is CCC1CCCCCN1CC1CC(C)(C)CCC1=O. The summed E-state index contributed by atoms with van der Waals surface area (Å²) in [5.74, 6) is 0.828. The molecule has 110 valence electrons. The van der Waals surface area contributed by atoms with Gasteiger partial charge in [-0.05, 0) is 44.1 Å². The van der Waals surface area contributed by atoms with Gasteiger partial charge >= 0.3 is 0 Å². The van der Waals surface area contributed by atoms with Crippen molar-refractivity contribution in [3.63, 3.8) is 0 Å². The van der Waals surface area contributed by atoms with E-state index in [9.17, 15) is 4.79 Å². The molecule has 1 heterocycles. The van der Waals surface area contributed by atoms with Gasteiger partial charge in [0, 0.05) is 24.9 Å². The predicted molar refractivity (Wildman–Crippen MR) is 80.2 cm³/mol. The summed E-state index contributed by atoms with van der Waals surface area (Å²) in [5, 5.41) is 0. The summed E-state index contributed by atoms with van der Waals surface area (Å²) < 4.78 is 0. The lowest BCUT2D eigenvalue weighted by Gasteiger charge is -2.38. The number of rotatable bonds is 3. The molecule has 0 aromatic carbocycles. The third kappa shape index (κ3) is 4.05. The van der Waals surface area contributed by atoms with Crippen LogP contribution in [0.1, 0.15) is 72.1 Å². The van der Waals surface area contributed by atoms with Gasteiger partial charge in [-0.1, -0.05) is 33.6 Å². The number of nitrogens with zero attached hydrogens (tertiary/aromatic N) is 1. The molecule has 0 aromatic heterocycles. The van der Waals surface area contributed by atoms with Crippen LogP contribution in [0.4, 0.5) is 0 Å². The largest absolute Gasteiger partial charge is 0.300 e. The fourth-order valence-electron chi connectivity index (χ4n) is 3.94. The van der Waals surface area contributed by atoms with E-state index in [1.54, 1.807) is 0 Å². The maximum Gasteiger partial charge on any atom is 0.137 e. The number of hydrogen-bond donors (Lipinski definition) is 0. The quantitative estimate of drug-likeness (QED) is 0.767. The van der Waals surface area contributed by atoms with Gasteiger partial charge < -0.3 is 0 Å². The second kappa shape index (κ2) is 6.39. The molecule has 0 amide bonds. The molecule has 0 radical (unpaired) electrons. The first kappa shape index (κ1) is 15.0. The molecule has 1 aliphatic carbocycles. The molecule has 2 heteroatoms. The Kier molecular flexibility index (Phi) is 5.05. The highest BCUT2D eigenvalue weighted by Crippen LogP contribution is 2.37. The van der Waals surface area contributed by atoms with Gasteiger partial charge in [-0.2, -0.15) is 0 Å². The van der Waals surface area contributed by atoms with Crippen LogP contribution in [0, 0.1) is 11.3 Å². The van der Waals surface area contributed by atoms with Crippen LogP contribution >= 0.6 is 0 Å². The minimum atomic E-state index is 0.302. The minimum Gasteiger partial charge on any atom is -0.300 e. The van der Waals surface area contributed by atoms with Crippen molar-refractivity contribution >= 4 is 5.78 Å². The van der Waals surface area contributed by atoms with Crippen molar-refractivity contribution in [1.82, 2.24) is 4.90 Å².